The van der Waals surface area contributed by atoms with Crippen LogP contribution < -0.4 is 4.72 Å². The average molecular weight is 372 g/mol. The summed E-state index contributed by atoms with van der Waals surface area (Å²) in [6.45, 7) is 10.7. The highest BCUT2D eigenvalue weighted by Gasteiger charge is 2.43. The van der Waals surface area contributed by atoms with Gasteiger partial charge in [0, 0.05) is 19.6 Å². The summed E-state index contributed by atoms with van der Waals surface area (Å²) < 4.78 is 34.4. The number of hydrogen-bond acceptors (Lipinski definition) is 6. The molecule has 3 heterocycles. The first-order chi connectivity index (χ1) is 11.8. The Balaban J connectivity index is 1.63. The summed E-state index contributed by atoms with van der Waals surface area (Å²) in [7, 11) is -3.25. The van der Waals surface area contributed by atoms with E-state index in [0.29, 0.717) is 31.2 Å². The predicted octanol–water partition coefficient (Wildman–Crippen LogP) is 0.738. The molecule has 8 nitrogen and oxygen atoms in total. The van der Waals surface area contributed by atoms with Gasteiger partial charge in [-0.3, -0.25) is 0 Å². The molecule has 25 heavy (non-hydrogen) atoms. The maximum Gasteiger partial charge on any atom is 0.211 e. The van der Waals surface area contributed by atoms with Crippen LogP contribution >= 0.6 is 0 Å². The Morgan fingerprint density at radius 2 is 2.16 bits per heavy atom. The van der Waals surface area contributed by atoms with Crippen molar-refractivity contribution in [2.45, 2.75) is 58.9 Å². The van der Waals surface area contributed by atoms with Gasteiger partial charge in [0.25, 0.3) is 0 Å². The summed E-state index contributed by atoms with van der Waals surface area (Å²) in [5.74, 6) is 0.769. The molecular weight excluding hydrogens is 342 g/mol. The van der Waals surface area contributed by atoms with Crippen LogP contribution in [0.15, 0.2) is 0 Å². The van der Waals surface area contributed by atoms with Crippen LogP contribution in [0.3, 0.4) is 0 Å². The molecule has 1 unspecified atom stereocenters. The van der Waals surface area contributed by atoms with Crippen molar-refractivity contribution < 1.29 is 13.2 Å². The molecule has 2 aliphatic rings. The lowest BCUT2D eigenvalue weighted by molar-refractivity contribution is -0.0844. The second kappa shape index (κ2) is 7.30. The van der Waals surface area contributed by atoms with Crippen LogP contribution in [0.25, 0.3) is 0 Å². The van der Waals surface area contributed by atoms with Gasteiger partial charge in [0.1, 0.15) is 11.3 Å². The maximum absolute atomic E-state index is 11.8. The summed E-state index contributed by atoms with van der Waals surface area (Å²) in [6, 6.07) is 0. The summed E-state index contributed by atoms with van der Waals surface area (Å²) in [6.07, 6.45) is 1.59. The molecule has 2 aliphatic heterocycles. The number of ether oxygens (including phenoxy) is 1. The van der Waals surface area contributed by atoms with Crippen LogP contribution in [0.4, 0.5) is 0 Å². The number of fused-ring (bicyclic) bond motifs is 1. The minimum atomic E-state index is -3.25. The highest BCUT2D eigenvalue weighted by Crippen LogP contribution is 2.32. The van der Waals surface area contributed by atoms with Crippen molar-refractivity contribution in [2.75, 3.05) is 25.4 Å². The van der Waals surface area contributed by atoms with Gasteiger partial charge in [0.2, 0.25) is 10.0 Å². The molecule has 1 fully saturated rings. The van der Waals surface area contributed by atoms with E-state index in [1.165, 1.54) is 0 Å². The lowest BCUT2D eigenvalue weighted by atomic mass is 10.0. The molecule has 0 amide bonds. The molecule has 0 aromatic carbocycles. The molecule has 1 atom stereocenters. The molecule has 0 saturated carbocycles. The number of nitrogens with one attached hydrogen (secondary N) is 1. The van der Waals surface area contributed by atoms with E-state index >= 15 is 0 Å². The molecule has 0 bridgehead atoms. The van der Waals surface area contributed by atoms with Gasteiger partial charge in [0.05, 0.1) is 31.1 Å². The standard InChI is InChI=1S/C16H29N5O3S/c1-4-7-25(22,23)17-8-14-15-10-24-16(12-21(15)19-18-14)5-6-20(11-16)9-13(2)3/h13,17H,4-12H2,1-3H3. The SMILES string of the molecule is CCCS(=O)(=O)NCc1nnn2c1COC1(CCN(CC(C)C)C1)C2. The zero-order chi connectivity index (χ0) is 18.1. The zero-order valence-corrected chi connectivity index (χ0v) is 16.2. The number of sulfonamides is 1. The van der Waals surface area contributed by atoms with Gasteiger partial charge in [-0.05, 0) is 18.8 Å². The minimum Gasteiger partial charge on any atom is -0.365 e. The third-order valence-corrected chi connectivity index (χ3v) is 6.35. The lowest BCUT2D eigenvalue weighted by Gasteiger charge is -2.34. The van der Waals surface area contributed by atoms with Gasteiger partial charge in [-0.1, -0.05) is 26.0 Å². The Kier molecular flexibility index (Phi) is 5.48. The average Bonchev–Trinajstić information content (AvgIpc) is 3.09. The van der Waals surface area contributed by atoms with Crippen molar-refractivity contribution in [3.05, 3.63) is 11.4 Å². The Labute approximate surface area is 150 Å². The summed E-state index contributed by atoms with van der Waals surface area (Å²) in [4.78, 5) is 2.45. The highest BCUT2D eigenvalue weighted by molar-refractivity contribution is 7.89. The Morgan fingerprint density at radius 3 is 2.88 bits per heavy atom. The first-order valence-electron chi connectivity index (χ1n) is 9.07. The van der Waals surface area contributed by atoms with E-state index < -0.39 is 10.0 Å². The third-order valence-electron chi connectivity index (χ3n) is 4.82. The van der Waals surface area contributed by atoms with Gasteiger partial charge in [-0.2, -0.15) is 0 Å². The zero-order valence-electron chi connectivity index (χ0n) is 15.4. The predicted molar refractivity (Wildman–Crippen MR) is 94.4 cm³/mol. The monoisotopic (exact) mass is 371 g/mol. The number of rotatable bonds is 7. The van der Waals surface area contributed by atoms with Gasteiger partial charge < -0.3 is 9.64 Å². The molecule has 3 rings (SSSR count). The van der Waals surface area contributed by atoms with E-state index in [2.05, 4.69) is 33.8 Å². The van der Waals surface area contributed by atoms with Crippen LogP contribution in [0, 0.1) is 5.92 Å². The van der Waals surface area contributed by atoms with Crippen LogP contribution in [0.5, 0.6) is 0 Å². The fraction of sp³-hybridized carbons (Fsp3) is 0.875. The van der Waals surface area contributed by atoms with E-state index in [9.17, 15) is 8.42 Å². The molecular formula is C16H29N5O3S. The molecule has 9 heteroatoms. The van der Waals surface area contributed by atoms with Crippen molar-refractivity contribution in [1.82, 2.24) is 24.6 Å². The molecule has 0 radical (unpaired) electrons. The largest absolute Gasteiger partial charge is 0.365 e. The lowest BCUT2D eigenvalue weighted by Crippen LogP contribution is -2.44. The third kappa shape index (κ3) is 4.39. The van der Waals surface area contributed by atoms with Crippen molar-refractivity contribution in [2.24, 2.45) is 5.92 Å². The minimum absolute atomic E-state index is 0.127. The van der Waals surface area contributed by atoms with E-state index in [4.69, 9.17) is 4.74 Å². The molecule has 1 spiro atoms. The molecule has 1 aromatic heterocycles. The molecule has 1 saturated heterocycles. The second-order valence-corrected chi connectivity index (χ2v) is 9.56. The number of aromatic nitrogens is 3. The van der Waals surface area contributed by atoms with Crippen molar-refractivity contribution in [1.29, 1.82) is 0 Å². The first-order valence-corrected chi connectivity index (χ1v) is 10.7. The fourth-order valence-corrected chi connectivity index (χ4v) is 4.74. The van der Waals surface area contributed by atoms with Crippen molar-refractivity contribution in [3.8, 4) is 0 Å². The highest BCUT2D eigenvalue weighted by atomic mass is 32.2. The summed E-state index contributed by atoms with van der Waals surface area (Å²) in [5, 5.41) is 8.42. The second-order valence-electron chi connectivity index (χ2n) is 7.63. The smallest absolute Gasteiger partial charge is 0.211 e. The van der Waals surface area contributed by atoms with Crippen LogP contribution in [-0.4, -0.2) is 59.3 Å². The fourth-order valence-electron chi connectivity index (χ4n) is 3.70. The normalized spacial score (nSPS) is 24.3. The van der Waals surface area contributed by atoms with Gasteiger partial charge >= 0.3 is 0 Å². The Hall–Kier alpha value is -1.03. The molecule has 142 valence electrons. The molecule has 0 aliphatic carbocycles. The van der Waals surface area contributed by atoms with Gasteiger partial charge in [-0.15, -0.1) is 5.10 Å². The van der Waals surface area contributed by atoms with Crippen molar-refractivity contribution >= 4 is 10.0 Å². The van der Waals surface area contributed by atoms with E-state index in [1.54, 1.807) is 0 Å². The summed E-state index contributed by atoms with van der Waals surface area (Å²) >= 11 is 0. The van der Waals surface area contributed by atoms with Crippen LogP contribution in [0.2, 0.25) is 0 Å². The van der Waals surface area contributed by atoms with Gasteiger partial charge in [-0.25, -0.2) is 17.8 Å². The number of nitrogens with zero attached hydrogens (tertiary/aromatic N) is 4. The summed E-state index contributed by atoms with van der Waals surface area (Å²) in [5.41, 5.74) is 1.35. The van der Waals surface area contributed by atoms with Crippen LogP contribution in [-0.2, 0) is 34.5 Å². The molecule has 1 aromatic rings. The van der Waals surface area contributed by atoms with E-state index in [0.717, 1.165) is 31.7 Å². The quantitative estimate of drug-likeness (QED) is 0.760. The van der Waals surface area contributed by atoms with E-state index in [-0.39, 0.29) is 17.9 Å². The Bertz CT molecular complexity index is 703. The number of likely N-dealkylation sites (tertiary alicyclic amines) is 1. The molecule has 1 N–H and O–H groups in total. The van der Waals surface area contributed by atoms with Crippen LogP contribution in [0.1, 0.15) is 45.0 Å². The van der Waals surface area contributed by atoms with Gasteiger partial charge in [0.15, 0.2) is 0 Å². The number of hydrogen-bond donors (Lipinski definition) is 1. The first kappa shape index (κ1) is 18.8. The van der Waals surface area contributed by atoms with Crippen molar-refractivity contribution in [3.63, 3.8) is 0 Å². The van der Waals surface area contributed by atoms with E-state index in [1.807, 2.05) is 11.6 Å². The topological polar surface area (TPSA) is 89.3 Å². The Morgan fingerprint density at radius 1 is 1.36 bits per heavy atom. The maximum atomic E-state index is 11.8.